The van der Waals surface area contributed by atoms with Crippen LogP contribution >= 0.6 is 0 Å². The Balaban J connectivity index is 1.48. The van der Waals surface area contributed by atoms with Crippen molar-refractivity contribution < 1.29 is 4.79 Å². The van der Waals surface area contributed by atoms with Gasteiger partial charge in [-0.05, 0) is 11.1 Å². The maximum Gasteiger partial charge on any atom is 0.272 e. The Hall–Kier alpha value is -3.67. The summed E-state index contributed by atoms with van der Waals surface area (Å²) >= 11 is 0. The summed E-state index contributed by atoms with van der Waals surface area (Å²) < 4.78 is 1.45. The molecule has 0 spiro atoms. The minimum absolute atomic E-state index is 0.0811. The first-order valence-corrected chi connectivity index (χ1v) is 9.67. The summed E-state index contributed by atoms with van der Waals surface area (Å²) in [7, 11) is 0. The lowest BCUT2D eigenvalue weighted by Gasteiger charge is -2.16. The van der Waals surface area contributed by atoms with Gasteiger partial charge in [0, 0.05) is 43.3 Å². The minimum atomic E-state index is -0.166. The van der Waals surface area contributed by atoms with Gasteiger partial charge in [0.2, 0.25) is 5.91 Å². The summed E-state index contributed by atoms with van der Waals surface area (Å²) in [6, 6.07) is 21.3. The fourth-order valence-corrected chi connectivity index (χ4v) is 3.97. The Morgan fingerprint density at radius 2 is 1.72 bits per heavy atom. The molecule has 1 N–H and O–H groups in total. The number of nitrogens with zero attached hydrogens (tertiary/aromatic N) is 3. The number of fused-ring (bicyclic) bond motifs is 1. The van der Waals surface area contributed by atoms with Gasteiger partial charge in [-0.15, -0.1) is 0 Å². The summed E-state index contributed by atoms with van der Waals surface area (Å²) in [5.41, 5.74) is 4.06. The molecule has 144 valence electrons. The number of nitrogens with one attached hydrogen (secondary N) is 1. The molecule has 2 aromatic carbocycles. The van der Waals surface area contributed by atoms with Crippen LogP contribution in [0.15, 0.2) is 77.7 Å². The molecule has 0 saturated carbocycles. The van der Waals surface area contributed by atoms with Crippen LogP contribution in [0, 0.1) is 0 Å². The van der Waals surface area contributed by atoms with Crippen LogP contribution in [0.3, 0.4) is 0 Å². The second-order valence-corrected chi connectivity index (χ2v) is 7.39. The predicted molar refractivity (Wildman–Crippen MR) is 110 cm³/mol. The number of H-pyrrole nitrogens is 1. The van der Waals surface area contributed by atoms with Crippen molar-refractivity contribution in [2.45, 2.75) is 18.9 Å². The van der Waals surface area contributed by atoms with Crippen molar-refractivity contribution in [3.05, 3.63) is 94.5 Å². The summed E-state index contributed by atoms with van der Waals surface area (Å²) in [5, 5.41) is 2.99. The Morgan fingerprint density at radius 3 is 2.48 bits per heavy atom. The number of aromatic nitrogens is 3. The standard InChI is InChI=1S/C23H20N4O2/c28-21-11-18(15-26(21)14-16-7-3-1-4-8-16)20-12-22(29)27-23(25-20)19(13-24-27)17-9-5-2-6-10-17/h1-10,12-13,18,24H,11,14-15H2. The molecule has 2 aromatic heterocycles. The van der Waals surface area contributed by atoms with Gasteiger partial charge in [0.1, 0.15) is 0 Å². The van der Waals surface area contributed by atoms with Crippen LogP contribution in [0.5, 0.6) is 0 Å². The molecule has 1 saturated heterocycles. The highest BCUT2D eigenvalue weighted by Crippen LogP contribution is 2.29. The number of hydrogen-bond acceptors (Lipinski definition) is 3. The highest BCUT2D eigenvalue weighted by atomic mass is 16.2. The number of carbonyl (C=O) groups is 1. The fourth-order valence-electron chi connectivity index (χ4n) is 3.97. The highest BCUT2D eigenvalue weighted by molar-refractivity contribution is 5.80. The third kappa shape index (κ3) is 3.23. The summed E-state index contributed by atoms with van der Waals surface area (Å²) in [5.74, 6) is 0.0145. The lowest BCUT2D eigenvalue weighted by molar-refractivity contribution is -0.128. The Labute approximate surface area is 167 Å². The van der Waals surface area contributed by atoms with E-state index < -0.39 is 0 Å². The SMILES string of the molecule is O=C1CC(c2cc(=O)n3[nH]cc(-c4ccccc4)c3n2)CN1Cc1ccccc1. The van der Waals surface area contributed by atoms with Crippen LogP contribution in [-0.2, 0) is 11.3 Å². The van der Waals surface area contributed by atoms with Crippen LogP contribution in [0.4, 0.5) is 0 Å². The fraction of sp³-hybridized carbons (Fsp3) is 0.174. The maximum atomic E-state index is 12.6. The van der Waals surface area contributed by atoms with Gasteiger partial charge in [-0.3, -0.25) is 14.7 Å². The summed E-state index contributed by atoms with van der Waals surface area (Å²) in [6.45, 7) is 1.15. The zero-order chi connectivity index (χ0) is 19.8. The van der Waals surface area contributed by atoms with E-state index in [0.717, 1.165) is 16.7 Å². The number of likely N-dealkylation sites (tertiary alicyclic amines) is 1. The molecule has 29 heavy (non-hydrogen) atoms. The number of rotatable bonds is 4. The molecule has 1 amide bonds. The van der Waals surface area contributed by atoms with E-state index in [1.54, 1.807) is 12.3 Å². The number of carbonyl (C=O) groups excluding carboxylic acids is 1. The normalized spacial score (nSPS) is 16.6. The number of benzene rings is 2. The molecule has 6 heteroatoms. The van der Waals surface area contributed by atoms with Gasteiger partial charge in [0.05, 0.1) is 5.69 Å². The quantitative estimate of drug-likeness (QED) is 0.587. The highest BCUT2D eigenvalue weighted by Gasteiger charge is 2.32. The minimum Gasteiger partial charge on any atom is -0.338 e. The molecule has 5 rings (SSSR count). The molecule has 3 heterocycles. The van der Waals surface area contributed by atoms with Crippen molar-refractivity contribution in [1.29, 1.82) is 0 Å². The molecule has 1 unspecified atom stereocenters. The molecule has 0 aliphatic carbocycles. The van der Waals surface area contributed by atoms with E-state index in [0.29, 0.717) is 30.9 Å². The summed E-state index contributed by atoms with van der Waals surface area (Å²) in [4.78, 5) is 31.8. The van der Waals surface area contributed by atoms with Crippen molar-refractivity contribution in [3.8, 4) is 11.1 Å². The lowest BCUT2D eigenvalue weighted by atomic mass is 10.0. The van der Waals surface area contributed by atoms with Gasteiger partial charge in [-0.25, -0.2) is 9.50 Å². The predicted octanol–water partition coefficient (Wildman–Crippen LogP) is 3.21. The van der Waals surface area contributed by atoms with Crippen molar-refractivity contribution in [2.24, 2.45) is 0 Å². The van der Waals surface area contributed by atoms with Gasteiger partial charge in [0.15, 0.2) is 5.65 Å². The molecular formula is C23H20N4O2. The molecule has 6 nitrogen and oxygen atoms in total. The lowest BCUT2D eigenvalue weighted by Crippen LogP contribution is -2.24. The first-order chi connectivity index (χ1) is 14.2. The van der Waals surface area contributed by atoms with Crippen molar-refractivity contribution in [3.63, 3.8) is 0 Å². The Bertz CT molecular complexity index is 1230. The monoisotopic (exact) mass is 384 g/mol. The van der Waals surface area contributed by atoms with Crippen LogP contribution in [0.25, 0.3) is 16.8 Å². The molecule has 1 fully saturated rings. The van der Waals surface area contributed by atoms with Crippen LogP contribution in [0.1, 0.15) is 23.6 Å². The first-order valence-electron chi connectivity index (χ1n) is 9.67. The molecular weight excluding hydrogens is 364 g/mol. The average Bonchev–Trinajstić information content (AvgIpc) is 3.34. The topological polar surface area (TPSA) is 70.5 Å². The molecule has 1 aliphatic heterocycles. The van der Waals surface area contributed by atoms with E-state index >= 15 is 0 Å². The number of hydrogen-bond donors (Lipinski definition) is 1. The largest absolute Gasteiger partial charge is 0.338 e. The average molecular weight is 384 g/mol. The third-order valence-corrected chi connectivity index (χ3v) is 5.45. The van der Waals surface area contributed by atoms with Gasteiger partial charge >= 0.3 is 0 Å². The van der Waals surface area contributed by atoms with Gasteiger partial charge < -0.3 is 4.90 Å². The molecule has 1 aliphatic rings. The van der Waals surface area contributed by atoms with Gasteiger partial charge in [-0.2, -0.15) is 0 Å². The second kappa shape index (κ2) is 7.05. The maximum absolute atomic E-state index is 12.6. The molecule has 0 radical (unpaired) electrons. The van der Waals surface area contributed by atoms with Crippen LogP contribution in [0.2, 0.25) is 0 Å². The van der Waals surface area contributed by atoms with Gasteiger partial charge in [0.25, 0.3) is 5.56 Å². The molecule has 0 bridgehead atoms. The number of amides is 1. The zero-order valence-corrected chi connectivity index (χ0v) is 15.8. The van der Waals surface area contributed by atoms with Gasteiger partial charge in [-0.1, -0.05) is 60.7 Å². The van der Waals surface area contributed by atoms with Crippen LogP contribution < -0.4 is 5.56 Å². The van der Waals surface area contributed by atoms with E-state index in [2.05, 4.69) is 5.10 Å². The molecule has 4 aromatic rings. The van der Waals surface area contributed by atoms with Crippen molar-refractivity contribution >= 4 is 11.6 Å². The Kier molecular flexibility index (Phi) is 4.24. The van der Waals surface area contributed by atoms with E-state index in [-0.39, 0.29) is 17.4 Å². The third-order valence-electron chi connectivity index (χ3n) is 5.45. The van der Waals surface area contributed by atoms with E-state index in [1.165, 1.54) is 4.52 Å². The zero-order valence-electron chi connectivity index (χ0n) is 15.8. The van der Waals surface area contributed by atoms with Crippen LogP contribution in [-0.4, -0.2) is 31.9 Å². The Morgan fingerprint density at radius 1 is 1.00 bits per heavy atom. The first kappa shape index (κ1) is 17.4. The van der Waals surface area contributed by atoms with E-state index in [4.69, 9.17) is 4.98 Å². The summed E-state index contributed by atoms with van der Waals surface area (Å²) in [6.07, 6.45) is 2.17. The smallest absolute Gasteiger partial charge is 0.272 e. The van der Waals surface area contributed by atoms with E-state index in [9.17, 15) is 9.59 Å². The van der Waals surface area contributed by atoms with Crippen molar-refractivity contribution in [1.82, 2.24) is 19.5 Å². The second-order valence-electron chi connectivity index (χ2n) is 7.39. The number of aromatic amines is 1. The molecule has 1 atom stereocenters. The van der Waals surface area contributed by atoms with E-state index in [1.807, 2.05) is 65.6 Å². The van der Waals surface area contributed by atoms with Crippen molar-refractivity contribution in [2.75, 3.05) is 6.54 Å².